The highest BCUT2D eigenvalue weighted by molar-refractivity contribution is 7.88. The highest BCUT2D eigenvalue weighted by atomic mass is 32.2. The number of para-hydroxylation sites is 1. The Morgan fingerprint density at radius 2 is 1.89 bits per heavy atom. The van der Waals surface area contributed by atoms with Crippen molar-refractivity contribution in [2.45, 2.75) is 6.54 Å². The van der Waals surface area contributed by atoms with Crippen LogP contribution in [0.1, 0.15) is 5.56 Å². The Morgan fingerprint density at radius 1 is 1.03 bits per heavy atom. The second-order valence-corrected chi connectivity index (χ2v) is 10.6. The van der Waals surface area contributed by atoms with Crippen molar-refractivity contribution < 1.29 is 12.8 Å². The molecule has 186 valence electrons. The molecule has 0 aliphatic rings. The van der Waals surface area contributed by atoms with E-state index in [-0.39, 0.29) is 6.54 Å². The van der Waals surface area contributed by atoms with Crippen LogP contribution in [0.5, 0.6) is 0 Å². The standard InChI is InChI=1S/C25H21FN8O2S/c1-34-13-16(12-27-34)19-6-7-21-23(29-19)24(33-32-21)25-30-20-5-3-4-18(22(20)31-25)15-8-14(9-17(26)10-15)11-28-37(2,35)36/h3-10,12-13,28H,11H2,1-2H3,(H,30,31)(H,32,33). The Hall–Kier alpha value is -4.42. The quantitative estimate of drug-likeness (QED) is 0.309. The molecule has 0 fully saturated rings. The number of aryl methyl sites for hydroxylation is 1. The van der Waals surface area contributed by atoms with E-state index in [4.69, 9.17) is 9.97 Å². The summed E-state index contributed by atoms with van der Waals surface area (Å²) < 4.78 is 41.6. The van der Waals surface area contributed by atoms with Crippen LogP contribution in [0.15, 0.2) is 60.9 Å². The first-order valence-corrected chi connectivity index (χ1v) is 13.2. The van der Waals surface area contributed by atoms with Gasteiger partial charge in [-0.1, -0.05) is 12.1 Å². The maximum Gasteiger partial charge on any atom is 0.209 e. The Labute approximate surface area is 210 Å². The summed E-state index contributed by atoms with van der Waals surface area (Å²) in [7, 11) is -1.57. The predicted octanol–water partition coefficient (Wildman–Crippen LogP) is 3.76. The molecule has 2 aromatic carbocycles. The van der Waals surface area contributed by atoms with Crippen LogP contribution in [-0.4, -0.2) is 49.6 Å². The average Bonchev–Trinajstić information content (AvgIpc) is 3.58. The monoisotopic (exact) mass is 516 g/mol. The molecule has 6 rings (SSSR count). The molecule has 10 nitrogen and oxygen atoms in total. The van der Waals surface area contributed by atoms with Gasteiger partial charge in [-0.2, -0.15) is 10.2 Å². The van der Waals surface area contributed by atoms with Crippen LogP contribution < -0.4 is 4.72 Å². The van der Waals surface area contributed by atoms with Crippen LogP contribution >= 0.6 is 0 Å². The van der Waals surface area contributed by atoms with E-state index >= 15 is 0 Å². The Bertz CT molecular complexity index is 1900. The summed E-state index contributed by atoms with van der Waals surface area (Å²) in [6.45, 7) is -0.0183. The van der Waals surface area contributed by atoms with E-state index in [1.807, 2.05) is 43.6 Å². The second-order valence-electron chi connectivity index (χ2n) is 8.80. The minimum Gasteiger partial charge on any atom is -0.336 e. The number of fused-ring (bicyclic) bond motifs is 2. The van der Waals surface area contributed by atoms with Crippen molar-refractivity contribution in [1.29, 1.82) is 0 Å². The summed E-state index contributed by atoms with van der Waals surface area (Å²) in [4.78, 5) is 12.9. The van der Waals surface area contributed by atoms with E-state index in [1.165, 1.54) is 12.1 Å². The summed E-state index contributed by atoms with van der Waals surface area (Å²) in [6.07, 6.45) is 4.70. The van der Waals surface area contributed by atoms with Crippen LogP contribution in [0.2, 0.25) is 0 Å². The van der Waals surface area contributed by atoms with Gasteiger partial charge in [0.15, 0.2) is 11.5 Å². The first-order valence-electron chi connectivity index (χ1n) is 11.3. The van der Waals surface area contributed by atoms with Crippen molar-refractivity contribution in [3.8, 4) is 33.9 Å². The molecule has 4 heterocycles. The molecule has 0 saturated heterocycles. The zero-order valence-electron chi connectivity index (χ0n) is 19.8. The number of pyridine rings is 1. The van der Waals surface area contributed by atoms with Gasteiger partial charge >= 0.3 is 0 Å². The zero-order valence-corrected chi connectivity index (χ0v) is 20.6. The SMILES string of the molecule is Cn1cc(-c2ccc3[nH]nc(-c4nc5c(-c6cc(F)cc(CNS(C)(=O)=O)c6)cccc5[nH]4)c3n2)cn1. The normalized spacial score (nSPS) is 12.1. The zero-order chi connectivity index (χ0) is 25.7. The van der Waals surface area contributed by atoms with Gasteiger partial charge in [0.1, 0.15) is 11.3 Å². The molecule has 3 N–H and O–H groups in total. The summed E-state index contributed by atoms with van der Waals surface area (Å²) in [5.41, 5.74) is 6.77. The van der Waals surface area contributed by atoms with Gasteiger partial charge in [0.05, 0.1) is 34.7 Å². The van der Waals surface area contributed by atoms with E-state index in [1.54, 1.807) is 16.9 Å². The molecule has 0 aliphatic carbocycles. The van der Waals surface area contributed by atoms with Gasteiger partial charge in [-0.05, 0) is 47.5 Å². The second kappa shape index (κ2) is 8.61. The summed E-state index contributed by atoms with van der Waals surface area (Å²) in [5.74, 6) is 0.0425. The molecule has 0 spiro atoms. The molecule has 0 radical (unpaired) electrons. The van der Waals surface area contributed by atoms with E-state index in [9.17, 15) is 12.8 Å². The molecule has 4 aromatic heterocycles. The Kier molecular flexibility index (Phi) is 5.35. The van der Waals surface area contributed by atoms with E-state index in [0.717, 1.165) is 28.5 Å². The van der Waals surface area contributed by atoms with Gasteiger partial charge in [0.2, 0.25) is 10.0 Å². The molecular formula is C25H21FN8O2S. The predicted molar refractivity (Wildman–Crippen MR) is 138 cm³/mol. The molecule has 0 saturated carbocycles. The maximum atomic E-state index is 14.5. The van der Waals surface area contributed by atoms with Crippen LogP contribution in [0.3, 0.4) is 0 Å². The van der Waals surface area contributed by atoms with Crippen molar-refractivity contribution >= 4 is 32.1 Å². The summed E-state index contributed by atoms with van der Waals surface area (Å²) in [5, 5.41) is 11.7. The highest BCUT2D eigenvalue weighted by Crippen LogP contribution is 2.32. The van der Waals surface area contributed by atoms with Crippen LogP contribution in [0.4, 0.5) is 4.39 Å². The fourth-order valence-electron chi connectivity index (χ4n) is 4.28. The van der Waals surface area contributed by atoms with Crippen molar-refractivity contribution in [2.75, 3.05) is 6.26 Å². The first-order chi connectivity index (χ1) is 17.7. The summed E-state index contributed by atoms with van der Waals surface area (Å²) >= 11 is 0. The molecule has 0 amide bonds. The molecule has 0 aliphatic heterocycles. The van der Waals surface area contributed by atoms with Gasteiger partial charge in [-0.15, -0.1) is 0 Å². The number of H-pyrrole nitrogens is 2. The van der Waals surface area contributed by atoms with Gasteiger partial charge < -0.3 is 4.98 Å². The lowest BCUT2D eigenvalue weighted by Gasteiger charge is -2.08. The molecule has 0 unspecified atom stereocenters. The number of hydrogen-bond donors (Lipinski definition) is 3. The number of aromatic nitrogens is 7. The van der Waals surface area contributed by atoms with Crippen molar-refractivity contribution in [1.82, 2.24) is 39.7 Å². The third-order valence-electron chi connectivity index (χ3n) is 5.95. The maximum absolute atomic E-state index is 14.5. The fourth-order valence-corrected chi connectivity index (χ4v) is 4.71. The number of rotatable bonds is 6. The van der Waals surface area contributed by atoms with Gasteiger partial charge in [0.25, 0.3) is 0 Å². The lowest BCUT2D eigenvalue weighted by molar-refractivity contribution is 0.586. The molecule has 6 aromatic rings. The molecule has 37 heavy (non-hydrogen) atoms. The lowest BCUT2D eigenvalue weighted by atomic mass is 10.0. The van der Waals surface area contributed by atoms with Crippen molar-refractivity contribution in [2.24, 2.45) is 7.05 Å². The smallest absolute Gasteiger partial charge is 0.209 e. The minimum absolute atomic E-state index is 0.0183. The highest BCUT2D eigenvalue weighted by Gasteiger charge is 2.17. The number of aromatic amines is 2. The van der Waals surface area contributed by atoms with E-state index < -0.39 is 15.8 Å². The molecule has 0 bridgehead atoms. The lowest BCUT2D eigenvalue weighted by Crippen LogP contribution is -2.21. The number of benzene rings is 2. The molecule has 12 heteroatoms. The fraction of sp³-hybridized carbons (Fsp3) is 0.120. The number of nitrogens with one attached hydrogen (secondary N) is 3. The number of sulfonamides is 1. The van der Waals surface area contributed by atoms with Crippen LogP contribution in [-0.2, 0) is 23.6 Å². The number of hydrogen-bond acceptors (Lipinski definition) is 6. The molecule has 0 atom stereocenters. The third kappa shape index (κ3) is 4.47. The number of imidazole rings is 1. The van der Waals surface area contributed by atoms with E-state index in [0.29, 0.717) is 39.2 Å². The van der Waals surface area contributed by atoms with Crippen LogP contribution in [0.25, 0.3) is 56.0 Å². The Balaban J connectivity index is 1.43. The topological polar surface area (TPSA) is 134 Å². The largest absolute Gasteiger partial charge is 0.336 e. The van der Waals surface area contributed by atoms with Crippen molar-refractivity contribution in [3.05, 3.63) is 72.3 Å². The first kappa shape index (κ1) is 23.0. The Morgan fingerprint density at radius 3 is 2.68 bits per heavy atom. The summed E-state index contributed by atoms with van der Waals surface area (Å²) in [6, 6.07) is 13.8. The van der Waals surface area contributed by atoms with Crippen LogP contribution in [0, 0.1) is 5.82 Å². The number of nitrogens with zero attached hydrogens (tertiary/aromatic N) is 5. The van der Waals surface area contributed by atoms with Gasteiger partial charge in [0, 0.05) is 30.9 Å². The van der Waals surface area contributed by atoms with Crippen molar-refractivity contribution in [3.63, 3.8) is 0 Å². The molecular weight excluding hydrogens is 495 g/mol. The minimum atomic E-state index is -3.42. The number of halogens is 1. The third-order valence-corrected chi connectivity index (χ3v) is 6.62. The van der Waals surface area contributed by atoms with Gasteiger partial charge in [-0.3, -0.25) is 9.78 Å². The van der Waals surface area contributed by atoms with E-state index in [2.05, 4.69) is 25.0 Å². The van der Waals surface area contributed by atoms with Gasteiger partial charge in [-0.25, -0.2) is 27.5 Å². The average molecular weight is 517 g/mol.